The first-order valence-corrected chi connectivity index (χ1v) is 6.32. The first-order valence-electron chi connectivity index (χ1n) is 6.32. The van der Waals surface area contributed by atoms with Gasteiger partial charge in [-0.15, -0.1) is 0 Å². The minimum absolute atomic E-state index is 0.401. The number of nitrogens with zero attached hydrogens (tertiary/aromatic N) is 1. The zero-order valence-corrected chi connectivity index (χ0v) is 9.30. The summed E-state index contributed by atoms with van der Waals surface area (Å²) in [4.78, 5) is 2.65. The first kappa shape index (κ1) is 10.4. The molecule has 0 bridgehead atoms. The molecule has 82 valence electrons. The number of nitrogens with two attached hydrogens (primary N) is 1. The average molecular weight is 196 g/mol. The quantitative estimate of drug-likeness (QED) is 0.733. The van der Waals surface area contributed by atoms with Crippen molar-refractivity contribution in [2.75, 3.05) is 19.6 Å². The van der Waals surface area contributed by atoms with E-state index < -0.39 is 0 Å². The van der Waals surface area contributed by atoms with Crippen molar-refractivity contribution in [3.63, 3.8) is 0 Å². The van der Waals surface area contributed by atoms with Gasteiger partial charge in [0.2, 0.25) is 0 Å². The van der Waals surface area contributed by atoms with Crippen LogP contribution in [-0.4, -0.2) is 30.1 Å². The summed E-state index contributed by atoms with van der Waals surface area (Å²) in [6.45, 7) is 3.49. The van der Waals surface area contributed by atoms with Crippen LogP contribution < -0.4 is 5.73 Å². The lowest BCUT2D eigenvalue weighted by molar-refractivity contribution is 0.0150. The van der Waals surface area contributed by atoms with Gasteiger partial charge >= 0.3 is 0 Å². The van der Waals surface area contributed by atoms with Gasteiger partial charge in [0, 0.05) is 12.1 Å². The van der Waals surface area contributed by atoms with E-state index in [2.05, 4.69) is 4.90 Å². The molecule has 0 aromatic carbocycles. The van der Waals surface area contributed by atoms with Crippen molar-refractivity contribution in [1.82, 2.24) is 4.90 Å². The van der Waals surface area contributed by atoms with E-state index >= 15 is 0 Å². The highest BCUT2D eigenvalue weighted by Crippen LogP contribution is 2.33. The maximum atomic E-state index is 6.03. The van der Waals surface area contributed by atoms with Crippen LogP contribution in [0.15, 0.2) is 0 Å². The van der Waals surface area contributed by atoms with Crippen molar-refractivity contribution in [3.05, 3.63) is 0 Å². The van der Waals surface area contributed by atoms with Gasteiger partial charge in [-0.05, 0) is 32.4 Å². The average Bonchev–Trinajstić information content (AvgIpc) is 2.06. The highest BCUT2D eigenvalue weighted by atomic mass is 15.2. The smallest absolute Gasteiger partial charge is 0.0331 e. The van der Waals surface area contributed by atoms with Gasteiger partial charge in [-0.2, -0.15) is 0 Å². The summed E-state index contributed by atoms with van der Waals surface area (Å²) in [6, 6.07) is 0. The molecule has 0 amide bonds. The molecule has 1 aliphatic heterocycles. The van der Waals surface area contributed by atoms with Gasteiger partial charge in [-0.1, -0.05) is 32.1 Å². The Morgan fingerprint density at radius 2 is 1.43 bits per heavy atom. The fourth-order valence-electron chi connectivity index (χ4n) is 3.00. The molecule has 1 heterocycles. The Kier molecular flexibility index (Phi) is 3.45. The van der Waals surface area contributed by atoms with Crippen LogP contribution in [0, 0.1) is 0 Å². The molecular formula is C12H24N2. The molecule has 0 aromatic rings. The molecule has 2 aliphatic rings. The fourth-order valence-corrected chi connectivity index (χ4v) is 3.00. The third kappa shape index (κ3) is 1.96. The van der Waals surface area contributed by atoms with Gasteiger partial charge in [0.15, 0.2) is 0 Å². The van der Waals surface area contributed by atoms with Crippen LogP contribution in [0.5, 0.6) is 0 Å². The molecule has 0 aromatic heterocycles. The Labute approximate surface area is 87.8 Å². The van der Waals surface area contributed by atoms with Gasteiger partial charge in [0.25, 0.3) is 0 Å². The van der Waals surface area contributed by atoms with Crippen LogP contribution in [0.2, 0.25) is 0 Å². The molecule has 2 nitrogen and oxygen atoms in total. The first-order chi connectivity index (χ1) is 6.87. The highest BCUT2D eigenvalue weighted by molar-refractivity contribution is 4.95. The zero-order chi connectivity index (χ0) is 9.86. The second kappa shape index (κ2) is 4.63. The minimum Gasteiger partial charge on any atom is -0.329 e. The second-order valence-electron chi connectivity index (χ2n) is 5.04. The number of rotatable bonds is 2. The SMILES string of the molecule is NCC1(N2CCC2)CCCCCCC1. The maximum absolute atomic E-state index is 6.03. The van der Waals surface area contributed by atoms with Crippen molar-refractivity contribution in [1.29, 1.82) is 0 Å². The van der Waals surface area contributed by atoms with E-state index in [1.54, 1.807) is 0 Å². The zero-order valence-electron chi connectivity index (χ0n) is 9.30. The van der Waals surface area contributed by atoms with Gasteiger partial charge < -0.3 is 5.73 Å². The molecule has 1 saturated carbocycles. The van der Waals surface area contributed by atoms with Gasteiger partial charge in [-0.25, -0.2) is 0 Å². The van der Waals surface area contributed by atoms with E-state index in [1.807, 2.05) is 0 Å². The molecule has 2 heteroatoms. The van der Waals surface area contributed by atoms with E-state index in [1.165, 1.54) is 64.5 Å². The van der Waals surface area contributed by atoms with Crippen LogP contribution in [0.25, 0.3) is 0 Å². The monoisotopic (exact) mass is 196 g/mol. The summed E-state index contributed by atoms with van der Waals surface area (Å²) in [5, 5.41) is 0. The number of hydrogen-bond donors (Lipinski definition) is 1. The molecule has 2 N–H and O–H groups in total. The third-order valence-electron chi connectivity index (χ3n) is 4.19. The van der Waals surface area contributed by atoms with Gasteiger partial charge in [0.1, 0.15) is 0 Å². The Morgan fingerprint density at radius 3 is 1.86 bits per heavy atom. The standard InChI is InChI=1S/C12H24N2/c13-11-12(14-9-6-10-14)7-4-2-1-3-5-8-12/h1-11,13H2. The lowest BCUT2D eigenvalue weighted by Gasteiger charge is -2.49. The fraction of sp³-hybridized carbons (Fsp3) is 1.00. The molecular weight excluding hydrogens is 172 g/mol. The summed E-state index contributed by atoms with van der Waals surface area (Å²) in [7, 11) is 0. The Bertz CT molecular complexity index is 167. The second-order valence-corrected chi connectivity index (χ2v) is 5.04. The van der Waals surface area contributed by atoms with E-state index in [0.717, 1.165) is 6.54 Å². The molecule has 1 aliphatic carbocycles. The van der Waals surface area contributed by atoms with Crippen molar-refractivity contribution in [2.24, 2.45) is 5.73 Å². The maximum Gasteiger partial charge on any atom is 0.0331 e. The molecule has 0 atom stereocenters. The number of hydrogen-bond acceptors (Lipinski definition) is 2. The van der Waals surface area contributed by atoms with Crippen molar-refractivity contribution in [2.45, 2.75) is 56.9 Å². The van der Waals surface area contributed by atoms with Crippen molar-refractivity contribution >= 4 is 0 Å². The Morgan fingerprint density at radius 1 is 0.857 bits per heavy atom. The lowest BCUT2D eigenvalue weighted by Crippen LogP contribution is -2.59. The van der Waals surface area contributed by atoms with Crippen molar-refractivity contribution < 1.29 is 0 Å². The topological polar surface area (TPSA) is 29.3 Å². The Balaban J connectivity index is 1.98. The summed E-state index contributed by atoms with van der Waals surface area (Å²) < 4.78 is 0. The van der Waals surface area contributed by atoms with Crippen molar-refractivity contribution in [3.8, 4) is 0 Å². The summed E-state index contributed by atoms with van der Waals surface area (Å²) in [5.74, 6) is 0. The van der Waals surface area contributed by atoms with Gasteiger partial charge in [-0.3, -0.25) is 4.90 Å². The minimum atomic E-state index is 0.401. The van der Waals surface area contributed by atoms with Crippen LogP contribution in [-0.2, 0) is 0 Å². The summed E-state index contributed by atoms with van der Waals surface area (Å²) in [6.07, 6.45) is 11.2. The molecule has 2 rings (SSSR count). The van der Waals surface area contributed by atoms with E-state index in [-0.39, 0.29) is 0 Å². The number of likely N-dealkylation sites (tertiary alicyclic amines) is 1. The predicted molar refractivity (Wildman–Crippen MR) is 60.3 cm³/mol. The molecule has 0 spiro atoms. The highest BCUT2D eigenvalue weighted by Gasteiger charge is 2.37. The summed E-state index contributed by atoms with van der Waals surface area (Å²) >= 11 is 0. The molecule has 2 fully saturated rings. The van der Waals surface area contributed by atoms with Gasteiger partial charge in [0.05, 0.1) is 0 Å². The van der Waals surface area contributed by atoms with Crippen LogP contribution in [0.3, 0.4) is 0 Å². The summed E-state index contributed by atoms with van der Waals surface area (Å²) in [5.41, 5.74) is 6.43. The van der Waals surface area contributed by atoms with Crippen LogP contribution in [0.4, 0.5) is 0 Å². The normalized spacial score (nSPS) is 28.9. The molecule has 0 unspecified atom stereocenters. The largest absolute Gasteiger partial charge is 0.329 e. The van der Waals surface area contributed by atoms with Crippen LogP contribution >= 0.6 is 0 Å². The van der Waals surface area contributed by atoms with E-state index in [4.69, 9.17) is 5.73 Å². The molecule has 0 radical (unpaired) electrons. The Hall–Kier alpha value is -0.0800. The third-order valence-corrected chi connectivity index (χ3v) is 4.19. The van der Waals surface area contributed by atoms with E-state index in [0.29, 0.717) is 5.54 Å². The lowest BCUT2D eigenvalue weighted by atomic mass is 9.81. The molecule has 14 heavy (non-hydrogen) atoms. The van der Waals surface area contributed by atoms with E-state index in [9.17, 15) is 0 Å². The van der Waals surface area contributed by atoms with Crippen LogP contribution in [0.1, 0.15) is 51.4 Å². The molecule has 1 saturated heterocycles. The predicted octanol–water partition coefficient (Wildman–Crippen LogP) is 2.13.